The number of nitrogens with one attached hydrogen (secondary N) is 1. The molecule has 6 heteroatoms. The van der Waals surface area contributed by atoms with Crippen LogP contribution in [0.2, 0.25) is 0 Å². The fraction of sp³-hybridized carbons (Fsp3) is 0.286. The van der Waals surface area contributed by atoms with Gasteiger partial charge in [0.05, 0.1) is 0 Å². The van der Waals surface area contributed by atoms with Gasteiger partial charge in [-0.3, -0.25) is 14.8 Å². The number of carbonyl (C=O) groups excluding carboxylic acids is 1. The average molecular weight is 361 g/mol. The lowest BCUT2D eigenvalue weighted by Crippen LogP contribution is -2.46. The molecular weight excluding hydrogens is 338 g/mol. The van der Waals surface area contributed by atoms with Gasteiger partial charge in [-0.05, 0) is 36.7 Å². The summed E-state index contributed by atoms with van der Waals surface area (Å²) in [6.45, 7) is 1.63. The van der Waals surface area contributed by atoms with E-state index in [0.717, 1.165) is 18.5 Å². The number of hydrogen-bond donors (Lipinski definition) is 1. The Labute approximate surface area is 158 Å². The molecule has 1 aromatic heterocycles. The Morgan fingerprint density at radius 1 is 1.19 bits per heavy atom. The number of nitrogens with zero attached hydrogens (tertiary/aromatic N) is 4. The van der Waals surface area contributed by atoms with Crippen LogP contribution in [0.3, 0.4) is 0 Å². The van der Waals surface area contributed by atoms with Crippen molar-refractivity contribution in [2.45, 2.75) is 19.0 Å². The topological polar surface area (TPSA) is 65.1 Å². The molecule has 1 atom stereocenters. The summed E-state index contributed by atoms with van der Waals surface area (Å²) < 4.78 is 0. The summed E-state index contributed by atoms with van der Waals surface area (Å²) in [7, 11) is 4.01. The van der Waals surface area contributed by atoms with E-state index in [0.29, 0.717) is 24.0 Å². The number of H-pyrrole nitrogens is 1. The highest BCUT2D eigenvalue weighted by Gasteiger charge is 2.25. The third kappa shape index (κ3) is 3.61. The first-order chi connectivity index (χ1) is 13.1. The molecule has 2 heterocycles. The van der Waals surface area contributed by atoms with Crippen molar-refractivity contribution >= 4 is 5.91 Å². The molecule has 2 aromatic carbocycles. The minimum atomic E-state index is 0.0337. The van der Waals surface area contributed by atoms with Gasteiger partial charge in [0.1, 0.15) is 6.33 Å². The fourth-order valence-corrected chi connectivity index (χ4v) is 3.66. The van der Waals surface area contributed by atoms with E-state index in [2.05, 4.69) is 51.4 Å². The van der Waals surface area contributed by atoms with E-state index < -0.39 is 0 Å². The highest BCUT2D eigenvalue weighted by atomic mass is 16.2. The first kappa shape index (κ1) is 17.4. The van der Waals surface area contributed by atoms with Crippen LogP contribution in [0.15, 0.2) is 54.9 Å². The van der Waals surface area contributed by atoms with Gasteiger partial charge in [-0.15, -0.1) is 0 Å². The van der Waals surface area contributed by atoms with Gasteiger partial charge < -0.3 is 4.90 Å². The zero-order valence-corrected chi connectivity index (χ0v) is 15.6. The number of fused-ring (bicyclic) bond motifs is 1. The van der Waals surface area contributed by atoms with Crippen LogP contribution in [0.25, 0.3) is 11.4 Å². The van der Waals surface area contributed by atoms with Gasteiger partial charge >= 0.3 is 0 Å². The Morgan fingerprint density at radius 3 is 2.63 bits per heavy atom. The predicted octanol–water partition coefficient (Wildman–Crippen LogP) is 2.60. The molecule has 3 aromatic rings. The summed E-state index contributed by atoms with van der Waals surface area (Å²) in [4.78, 5) is 21.1. The van der Waals surface area contributed by atoms with Crippen LogP contribution in [0.4, 0.5) is 0 Å². The summed E-state index contributed by atoms with van der Waals surface area (Å²) in [6.07, 6.45) is 2.44. The van der Waals surface area contributed by atoms with Crippen LogP contribution in [0, 0.1) is 0 Å². The molecule has 0 saturated heterocycles. The van der Waals surface area contributed by atoms with Crippen LogP contribution >= 0.6 is 0 Å². The SMILES string of the molecule is CN(C[C@H]1Cc2ccccc2CN1C)C(=O)c1ccc(-c2ncn[nH]2)cc1. The molecule has 1 aliphatic heterocycles. The lowest BCUT2D eigenvalue weighted by molar-refractivity contribution is 0.0733. The molecule has 138 valence electrons. The van der Waals surface area contributed by atoms with Gasteiger partial charge in [0.15, 0.2) is 5.82 Å². The molecule has 6 nitrogen and oxygen atoms in total. The van der Waals surface area contributed by atoms with Crippen molar-refractivity contribution < 1.29 is 4.79 Å². The van der Waals surface area contributed by atoms with Crippen molar-refractivity contribution in [1.29, 1.82) is 0 Å². The molecule has 0 fully saturated rings. The van der Waals surface area contributed by atoms with Crippen LogP contribution < -0.4 is 0 Å². The van der Waals surface area contributed by atoms with Crippen LogP contribution in [-0.4, -0.2) is 57.6 Å². The highest BCUT2D eigenvalue weighted by Crippen LogP contribution is 2.23. The van der Waals surface area contributed by atoms with Crippen LogP contribution in [-0.2, 0) is 13.0 Å². The molecule has 0 radical (unpaired) electrons. The van der Waals surface area contributed by atoms with Crippen molar-refractivity contribution in [2.75, 3.05) is 20.6 Å². The predicted molar refractivity (Wildman–Crippen MR) is 104 cm³/mol. The molecule has 0 aliphatic carbocycles. The van der Waals surface area contributed by atoms with Gasteiger partial charge in [0.25, 0.3) is 5.91 Å². The number of aromatic nitrogens is 3. The summed E-state index contributed by atoms with van der Waals surface area (Å²) >= 11 is 0. The Bertz CT molecular complexity index is 920. The number of aromatic amines is 1. The maximum Gasteiger partial charge on any atom is 0.253 e. The van der Waals surface area contributed by atoms with E-state index >= 15 is 0 Å². The van der Waals surface area contributed by atoms with Gasteiger partial charge in [0, 0.05) is 37.3 Å². The van der Waals surface area contributed by atoms with E-state index in [-0.39, 0.29) is 5.91 Å². The minimum Gasteiger partial charge on any atom is -0.340 e. The van der Waals surface area contributed by atoms with Crippen molar-refractivity contribution in [2.24, 2.45) is 0 Å². The molecule has 0 bridgehead atoms. The lowest BCUT2D eigenvalue weighted by atomic mass is 9.94. The van der Waals surface area contributed by atoms with E-state index in [4.69, 9.17) is 0 Å². The summed E-state index contributed by atoms with van der Waals surface area (Å²) in [6, 6.07) is 16.4. The van der Waals surface area contributed by atoms with E-state index in [1.807, 2.05) is 36.2 Å². The fourth-order valence-electron chi connectivity index (χ4n) is 3.66. The monoisotopic (exact) mass is 361 g/mol. The Kier molecular flexibility index (Phi) is 4.73. The summed E-state index contributed by atoms with van der Waals surface area (Å²) in [5, 5.41) is 6.69. The molecule has 0 unspecified atom stereocenters. The van der Waals surface area contributed by atoms with Crippen molar-refractivity contribution in [3.8, 4) is 11.4 Å². The molecule has 1 amide bonds. The van der Waals surface area contributed by atoms with E-state index in [9.17, 15) is 4.79 Å². The largest absolute Gasteiger partial charge is 0.340 e. The van der Waals surface area contributed by atoms with Crippen molar-refractivity contribution in [3.63, 3.8) is 0 Å². The summed E-state index contributed by atoms with van der Waals surface area (Å²) in [5.41, 5.74) is 4.36. The van der Waals surface area contributed by atoms with Crippen LogP contribution in [0.1, 0.15) is 21.5 Å². The Hall–Kier alpha value is -2.99. The smallest absolute Gasteiger partial charge is 0.253 e. The maximum atomic E-state index is 12.8. The quantitative estimate of drug-likeness (QED) is 0.776. The number of benzene rings is 2. The van der Waals surface area contributed by atoms with E-state index in [1.165, 1.54) is 17.5 Å². The second-order valence-corrected chi connectivity index (χ2v) is 7.14. The van der Waals surface area contributed by atoms with Crippen molar-refractivity contribution in [1.82, 2.24) is 25.0 Å². The minimum absolute atomic E-state index is 0.0337. The second kappa shape index (κ2) is 7.32. The standard InChI is InChI=1S/C21H23N5O/c1-25-12-18-6-4-3-5-17(18)11-19(25)13-26(2)21(27)16-9-7-15(8-10-16)20-22-14-23-24-20/h3-10,14,19H,11-13H2,1-2H3,(H,22,23,24)/t19-/m1/s1. The zero-order valence-electron chi connectivity index (χ0n) is 15.6. The number of carbonyl (C=O) groups is 1. The normalized spacial score (nSPS) is 16.7. The number of rotatable bonds is 4. The molecule has 0 spiro atoms. The van der Waals surface area contributed by atoms with Gasteiger partial charge in [-0.1, -0.05) is 36.4 Å². The number of hydrogen-bond acceptors (Lipinski definition) is 4. The molecule has 27 heavy (non-hydrogen) atoms. The second-order valence-electron chi connectivity index (χ2n) is 7.14. The molecule has 1 N–H and O–H groups in total. The van der Waals surface area contributed by atoms with Crippen molar-refractivity contribution in [3.05, 3.63) is 71.5 Å². The highest BCUT2D eigenvalue weighted by molar-refractivity contribution is 5.94. The first-order valence-corrected chi connectivity index (χ1v) is 9.10. The van der Waals surface area contributed by atoms with Gasteiger partial charge in [-0.2, -0.15) is 5.10 Å². The maximum absolute atomic E-state index is 12.8. The zero-order chi connectivity index (χ0) is 18.8. The molecule has 1 aliphatic rings. The first-order valence-electron chi connectivity index (χ1n) is 9.10. The van der Waals surface area contributed by atoms with Gasteiger partial charge in [0.2, 0.25) is 0 Å². The molecule has 0 saturated carbocycles. The average Bonchev–Trinajstić information content (AvgIpc) is 3.23. The number of likely N-dealkylation sites (N-methyl/N-ethyl adjacent to an activating group) is 2. The molecular formula is C21H23N5O. The number of amides is 1. The lowest BCUT2D eigenvalue weighted by Gasteiger charge is -2.36. The molecule has 4 rings (SSSR count). The Morgan fingerprint density at radius 2 is 1.93 bits per heavy atom. The van der Waals surface area contributed by atoms with E-state index in [1.54, 1.807) is 0 Å². The Balaban J connectivity index is 1.43. The summed E-state index contributed by atoms with van der Waals surface area (Å²) in [5.74, 6) is 0.733. The van der Waals surface area contributed by atoms with Crippen LogP contribution in [0.5, 0.6) is 0 Å². The third-order valence-electron chi connectivity index (χ3n) is 5.27. The third-order valence-corrected chi connectivity index (χ3v) is 5.27. The van der Waals surface area contributed by atoms with Gasteiger partial charge in [-0.25, -0.2) is 4.98 Å².